The highest BCUT2D eigenvalue weighted by molar-refractivity contribution is 14.1. The molecule has 90 valence electrons. The molecule has 0 aliphatic carbocycles. The van der Waals surface area contributed by atoms with Gasteiger partial charge in [0.15, 0.2) is 18.4 Å². The van der Waals surface area contributed by atoms with Gasteiger partial charge < -0.3 is 9.47 Å². The molecule has 1 aromatic carbocycles. The number of halogens is 5. The van der Waals surface area contributed by atoms with Crippen LogP contribution in [0.25, 0.3) is 0 Å². The zero-order valence-corrected chi connectivity index (χ0v) is 10.2. The lowest BCUT2D eigenvalue weighted by atomic mass is 10.2. The van der Waals surface area contributed by atoms with Crippen LogP contribution < -0.4 is 4.74 Å². The van der Waals surface area contributed by atoms with Crippen LogP contribution in [0, 0.1) is 9.39 Å². The summed E-state index contributed by atoms with van der Waals surface area (Å²) >= 11 is 1.58. The van der Waals surface area contributed by atoms with Crippen LogP contribution in [0.2, 0.25) is 0 Å². The maximum absolute atomic E-state index is 13.4. The Kier molecular flexibility index (Phi) is 4.36. The van der Waals surface area contributed by atoms with E-state index in [1.165, 1.54) is 7.11 Å². The molecule has 0 saturated carbocycles. The summed E-state index contributed by atoms with van der Waals surface area (Å²) in [6.45, 7) is -0.444. The number of methoxy groups -OCH3 is 1. The molecule has 0 fully saturated rings. The minimum atomic E-state index is -4.66. The lowest BCUT2D eigenvalue weighted by molar-refractivity contribution is -0.140. The van der Waals surface area contributed by atoms with E-state index < -0.39 is 30.1 Å². The molecular formula is C9H7F4IO2. The van der Waals surface area contributed by atoms with Gasteiger partial charge in [-0.1, -0.05) is 0 Å². The average Bonchev–Trinajstić information content (AvgIpc) is 2.18. The second-order valence-electron chi connectivity index (χ2n) is 2.79. The van der Waals surface area contributed by atoms with Crippen LogP contribution in [-0.4, -0.2) is 13.9 Å². The van der Waals surface area contributed by atoms with E-state index >= 15 is 0 Å². The largest absolute Gasteiger partial charge is 0.464 e. The molecule has 0 heterocycles. The van der Waals surface area contributed by atoms with Gasteiger partial charge in [-0.3, -0.25) is 0 Å². The molecule has 0 atom stereocenters. The average molecular weight is 350 g/mol. The Balaban J connectivity index is 3.22. The van der Waals surface area contributed by atoms with Crippen LogP contribution in [0.4, 0.5) is 17.6 Å². The summed E-state index contributed by atoms with van der Waals surface area (Å²) in [5.41, 5.74) is -1.15. The van der Waals surface area contributed by atoms with Gasteiger partial charge in [0.2, 0.25) is 0 Å². The fourth-order valence-corrected chi connectivity index (χ4v) is 1.44. The molecule has 0 N–H and O–H groups in total. The van der Waals surface area contributed by atoms with Crippen LogP contribution in [0.1, 0.15) is 5.56 Å². The van der Waals surface area contributed by atoms with Crippen molar-refractivity contribution in [2.75, 3.05) is 13.9 Å². The lowest BCUT2D eigenvalue weighted by Crippen LogP contribution is -2.12. The number of rotatable bonds is 3. The summed E-state index contributed by atoms with van der Waals surface area (Å²) in [6.07, 6.45) is -4.66. The van der Waals surface area contributed by atoms with Crippen LogP contribution in [0.3, 0.4) is 0 Å². The predicted octanol–water partition coefficient (Wildman–Crippen LogP) is 3.43. The maximum Gasteiger partial charge on any atom is 0.420 e. The highest BCUT2D eigenvalue weighted by Crippen LogP contribution is 2.38. The van der Waals surface area contributed by atoms with Gasteiger partial charge in [-0.15, -0.1) is 0 Å². The minimum absolute atomic E-state index is 0.0525. The minimum Gasteiger partial charge on any atom is -0.464 e. The zero-order chi connectivity index (χ0) is 12.3. The molecule has 1 rings (SSSR count). The van der Waals surface area contributed by atoms with Crippen molar-refractivity contribution in [2.45, 2.75) is 6.18 Å². The van der Waals surface area contributed by atoms with Crippen molar-refractivity contribution in [1.82, 2.24) is 0 Å². The van der Waals surface area contributed by atoms with Crippen molar-refractivity contribution in [1.29, 1.82) is 0 Å². The summed E-state index contributed by atoms with van der Waals surface area (Å²) in [7, 11) is 1.24. The molecule has 0 amide bonds. The van der Waals surface area contributed by atoms with E-state index in [2.05, 4.69) is 9.47 Å². The summed E-state index contributed by atoms with van der Waals surface area (Å²) in [5.74, 6) is -1.87. The van der Waals surface area contributed by atoms with E-state index in [1.54, 1.807) is 22.6 Å². The molecule has 0 radical (unpaired) electrons. The summed E-state index contributed by atoms with van der Waals surface area (Å²) in [6, 6.07) is 1.81. The Morgan fingerprint density at radius 2 is 1.94 bits per heavy atom. The predicted molar refractivity (Wildman–Crippen MR) is 56.6 cm³/mol. The Labute approximate surface area is 103 Å². The van der Waals surface area contributed by atoms with Crippen LogP contribution >= 0.6 is 22.6 Å². The fraction of sp³-hybridized carbons (Fsp3) is 0.333. The van der Waals surface area contributed by atoms with Crippen LogP contribution in [0.5, 0.6) is 5.75 Å². The Morgan fingerprint density at radius 3 is 2.44 bits per heavy atom. The third-order valence-electron chi connectivity index (χ3n) is 1.68. The molecule has 0 aliphatic heterocycles. The molecule has 7 heteroatoms. The SMILES string of the molecule is COCOc1c(C(F)(F)F)ccc(I)c1F. The summed E-state index contributed by atoms with van der Waals surface area (Å²) < 4.78 is 60.0. The van der Waals surface area contributed by atoms with E-state index in [-0.39, 0.29) is 3.57 Å². The second kappa shape index (κ2) is 5.17. The third-order valence-corrected chi connectivity index (χ3v) is 2.51. The molecule has 0 aliphatic rings. The molecule has 2 nitrogen and oxygen atoms in total. The number of benzene rings is 1. The molecule has 1 aromatic rings. The van der Waals surface area contributed by atoms with Crippen molar-refractivity contribution >= 4 is 22.6 Å². The van der Waals surface area contributed by atoms with Crippen molar-refractivity contribution in [2.24, 2.45) is 0 Å². The molecule has 0 unspecified atom stereocenters. The standard InChI is InChI=1S/C9H7F4IO2/c1-15-4-16-8-5(9(11,12)13)2-3-6(14)7(8)10/h2-3H,4H2,1H3. The van der Waals surface area contributed by atoms with E-state index in [9.17, 15) is 17.6 Å². The first-order valence-electron chi connectivity index (χ1n) is 4.05. The zero-order valence-electron chi connectivity index (χ0n) is 8.07. The van der Waals surface area contributed by atoms with Crippen LogP contribution in [0.15, 0.2) is 12.1 Å². The topological polar surface area (TPSA) is 18.5 Å². The second-order valence-corrected chi connectivity index (χ2v) is 3.95. The molecule has 0 bridgehead atoms. The lowest BCUT2D eigenvalue weighted by Gasteiger charge is -2.14. The molecule has 16 heavy (non-hydrogen) atoms. The molecular weight excluding hydrogens is 343 g/mol. The Bertz CT molecular complexity index is 379. The first-order valence-corrected chi connectivity index (χ1v) is 5.12. The summed E-state index contributed by atoms with van der Waals surface area (Å²) in [4.78, 5) is 0. The number of hydrogen-bond acceptors (Lipinski definition) is 2. The number of hydrogen-bond donors (Lipinski definition) is 0. The third kappa shape index (κ3) is 2.97. The van der Waals surface area contributed by atoms with Gasteiger partial charge in [-0.2, -0.15) is 13.2 Å². The highest BCUT2D eigenvalue weighted by atomic mass is 127. The van der Waals surface area contributed by atoms with Gasteiger partial charge in [0.25, 0.3) is 0 Å². The monoisotopic (exact) mass is 350 g/mol. The normalized spacial score (nSPS) is 11.6. The van der Waals surface area contributed by atoms with E-state index in [0.717, 1.165) is 12.1 Å². The van der Waals surface area contributed by atoms with Crippen molar-refractivity contribution in [3.63, 3.8) is 0 Å². The van der Waals surface area contributed by atoms with Gasteiger partial charge in [-0.25, -0.2) is 4.39 Å². The van der Waals surface area contributed by atoms with Crippen LogP contribution in [-0.2, 0) is 10.9 Å². The van der Waals surface area contributed by atoms with E-state index in [1.807, 2.05) is 0 Å². The smallest absolute Gasteiger partial charge is 0.420 e. The van der Waals surface area contributed by atoms with Crippen molar-refractivity contribution < 1.29 is 27.0 Å². The Hall–Kier alpha value is -0.570. The van der Waals surface area contributed by atoms with Gasteiger partial charge >= 0.3 is 6.18 Å². The van der Waals surface area contributed by atoms with Gasteiger partial charge in [0.05, 0.1) is 3.57 Å². The fourth-order valence-electron chi connectivity index (χ4n) is 1.01. The van der Waals surface area contributed by atoms with Crippen molar-refractivity contribution in [3.8, 4) is 5.75 Å². The van der Waals surface area contributed by atoms with E-state index in [0.29, 0.717) is 0 Å². The Morgan fingerprint density at radius 1 is 1.31 bits per heavy atom. The highest BCUT2D eigenvalue weighted by Gasteiger charge is 2.36. The molecule has 0 saturated heterocycles. The molecule has 0 aromatic heterocycles. The summed E-state index contributed by atoms with van der Waals surface area (Å²) in [5, 5.41) is 0. The first kappa shape index (κ1) is 13.5. The molecule has 0 spiro atoms. The number of alkyl halides is 3. The maximum atomic E-state index is 13.4. The van der Waals surface area contributed by atoms with Gasteiger partial charge in [0, 0.05) is 7.11 Å². The number of ether oxygens (including phenoxy) is 2. The first-order chi connectivity index (χ1) is 7.38. The quantitative estimate of drug-likeness (QED) is 0.473. The van der Waals surface area contributed by atoms with E-state index in [4.69, 9.17) is 0 Å². The van der Waals surface area contributed by atoms with Gasteiger partial charge in [0.1, 0.15) is 5.56 Å². The van der Waals surface area contributed by atoms with Gasteiger partial charge in [-0.05, 0) is 34.7 Å². The van der Waals surface area contributed by atoms with Crippen molar-refractivity contribution in [3.05, 3.63) is 27.1 Å².